The van der Waals surface area contributed by atoms with Crippen LogP contribution in [0.25, 0.3) is 6.08 Å². The molecule has 0 saturated carbocycles. The number of fused-ring (bicyclic) bond motifs is 1. The van der Waals surface area contributed by atoms with Crippen LogP contribution in [0.4, 0.5) is 4.79 Å². The molecule has 0 radical (unpaired) electrons. The summed E-state index contributed by atoms with van der Waals surface area (Å²) in [6.07, 6.45) is 1.70. The van der Waals surface area contributed by atoms with Crippen LogP contribution in [-0.4, -0.2) is 55.4 Å². The van der Waals surface area contributed by atoms with Crippen LogP contribution in [0, 0.1) is 6.92 Å². The fourth-order valence-electron chi connectivity index (χ4n) is 3.29. The third kappa shape index (κ3) is 4.57. The molecule has 32 heavy (non-hydrogen) atoms. The number of rotatable bonds is 6. The molecule has 0 spiro atoms. The van der Waals surface area contributed by atoms with Gasteiger partial charge in [-0.25, -0.2) is 0 Å². The summed E-state index contributed by atoms with van der Waals surface area (Å²) in [4.78, 5) is 39.0. The molecule has 9 heteroatoms. The lowest BCUT2D eigenvalue weighted by atomic mass is 10.1. The lowest BCUT2D eigenvalue weighted by Gasteiger charge is -2.21. The van der Waals surface area contributed by atoms with Gasteiger partial charge in [0.05, 0.1) is 12.0 Å². The minimum absolute atomic E-state index is 0.0727. The summed E-state index contributed by atoms with van der Waals surface area (Å²) in [6, 6.07) is 10.8. The maximum absolute atomic E-state index is 12.6. The Morgan fingerprint density at radius 1 is 1.19 bits per heavy atom. The monoisotopic (exact) mass is 454 g/mol. The van der Waals surface area contributed by atoms with Crippen LogP contribution in [0.5, 0.6) is 17.2 Å². The Bertz CT molecular complexity index is 1080. The van der Waals surface area contributed by atoms with E-state index in [-0.39, 0.29) is 30.1 Å². The lowest BCUT2D eigenvalue weighted by molar-refractivity contribution is -0.122. The van der Waals surface area contributed by atoms with Crippen molar-refractivity contribution in [1.82, 2.24) is 10.2 Å². The Morgan fingerprint density at radius 3 is 2.69 bits per heavy atom. The lowest BCUT2D eigenvalue weighted by Crippen LogP contribution is -2.37. The second-order valence-electron chi connectivity index (χ2n) is 7.20. The standard InChI is InChI=1S/C23H22N2O6S/c1-14-3-5-15(6-4-14)11-19-22(27)25(23(28)32-19)8-7-24-21(26)16-12-17(29-2)20-18(13-16)30-9-10-31-20/h3-6,11-13H,7-10H2,1-2H3,(H,24,26)/b19-11-. The van der Waals surface area contributed by atoms with Crippen LogP contribution in [0.3, 0.4) is 0 Å². The van der Waals surface area contributed by atoms with Crippen molar-refractivity contribution in [2.75, 3.05) is 33.4 Å². The van der Waals surface area contributed by atoms with Crippen molar-refractivity contribution < 1.29 is 28.6 Å². The number of ether oxygens (including phenoxy) is 3. The maximum atomic E-state index is 12.6. The number of carbonyl (C=O) groups excluding carboxylic acids is 3. The first-order valence-corrected chi connectivity index (χ1v) is 10.9. The minimum atomic E-state index is -0.373. The van der Waals surface area contributed by atoms with Crippen molar-refractivity contribution in [2.24, 2.45) is 0 Å². The van der Waals surface area contributed by atoms with Crippen molar-refractivity contribution in [2.45, 2.75) is 6.92 Å². The number of aryl methyl sites for hydroxylation is 1. The van der Waals surface area contributed by atoms with E-state index in [1.807, 2.05) is 31.2 Å². The summed E-state index contributed by atoms with van der Waals surface area (Å²) >= 11 is 0.895. The normalized spacial score (nSPS) is 16.4. The van der Waals surface area contributed by atoms with Gasteiger partial charge in [-0.3, -0.25) is 19.3 Å². The van der Waals surface area contributed by atoms with E-state index < -0.39 is 0 Å². The zero-order valence-electron chi connectivity index (χ0n) is 17.7. The van der Waals surface area contributed by atoms with Gasteiger partial charge in [0.15, 0.2) is 11.5 Å². The number of benzene rings is 2. The molecule has 2 aromatic rings. The van der Waals surface area contributed by atoms with Gasteiger partial charge in [0, 0.05) is 18.7 Å². The Kier molecular flexibility index (Phi) is 6.36. The molecule has 166 valence electrons. The number of thioether (sulfide) groups is 1. The molecular formula is C23H22N2O6S. The highest BCUT2D eigenvalue weighted by Gasteiger charge is 2.34. The fourth-order valence-corrected chi connectivity index (χ4v) is 4.16. The molecule has 1 saturated heterocycles. The Labute approximate surface area is 189 Å². The van der Waals surface area contributed by atoms with Crippen LogP contribution < -0.4 is 19.5 Å². The summed E-state index contributed by atoms with van der Waals surface area (Å²) in [5, 5.41) is 2.37. The molecule has 0 bridgehead atoms. The summed E-state index contributed by atoms with van der Waals surface area (Å²) in [5.74, 6) is 0.569. The van der Waals surface area contributed by atoms with Gasteiger partial charge in [0.25, 0.3) is 17.1 Å². The first kappa shape index (κ1) is 21.8. The smallest absolute Gasteiger partial charge is 0.293 e. The number of methoxy groups -OCH3 is 1. The van der Waals surface area contributed by atoms with Gasteiger partial charge in [-0.15, -0.1) is 0 Å². The van der Waals surface area contributed by atoms with Gasteiger partial charge in [-0.05, 0) is 42.5 Å². The molecule has 0 aromatic heterocycles. The molecule has 0 aliphatic carbocycles. The van der Waals surface area contributed by atoms with E-state index in [0.717, 1.165) is 27.8 Å². The van der Waals surface area contributed by atoms with Crippen LogP contribution in [0.2, 0.25) is 0 Å². The molecule has 0 unspecified atom stereocenters. The Balaban J connectivity index is 1.38. The van der Waals surface area contributed by atoms with E-state index >= 15 is 0 Å². The Morgan fingerprint density at radius 2 is 1.94 bits per heavy atom. The predicted octanol–water partition coefficient (Wildman–Crippen LogP) is 3.24. The number of amides is 3. The summed E-state index contributed by atoms with van der Waals surface area (Å²) in [6.45, 7) is 2.96. The number of imide groups is 1. The predicted molar refractivity (Wildman–Crippen MR) is 120 cm³/mol. The number of nitrogens with one attached hydrogen (secondary N) is 1. The van der Waals surface area contributed by atoms with Crippen molar-refractivity contribution in [3.8, 4) is 17.2 Å². The summed E-state index contributed by atoms with van der Waals surface area (Å²) < 4.78 is 16.4. The van der Waals surface area contributed by atoms with Crippen molar-refractivity contribution in [1.29, 1.82) is 0 Å². The second-order valence-corrected chi connectivity index (χ2v) is 8.20. The van der Waals surface area contributed by atoms with E-state index in [1.54, 1.807) is 18.2 Å². The first-order chi connectivity index (χ1) is 15.5. The molecule has 0 atom stereocenters. The molecule has 3 amide bonds. The molecule has 2 heterocycles. The van der Waals surface area contributed by atoms with E-state index in [2.05, 4.69) is 5.32 Å². The largest absolute Gasteiger partial charge is 0.493 e. The highest BCUT2D eigenvalue weighted by atomic mass is 32.2. The third-order valence-corrected chi connectivity index (χ3v) is 5.87. The number of nitrogens with zero attached hydrogens (tertiary/aromatic N) is 1. The van der Waals surface area contributed by atoms with Crippen LogP contribution in [0.15, 0.2) is 41.3 Å². The molecule has 1 N–H and O–H groups in total. The van der Waals surface area contributed by atoms with E-state index in [9.17, 15) is 14.4 Å². The van der Waals surface area contributed by atoms with E-state index in [1.165, 1.54) is 7.11 Å². The molecule has 2 aliphatic heterocycles. The molecular weight excluding hydrogens is 432 g/mol. The quantitative estimate of drug-likeness (QED) is 0.670. The zero-order valence-corrected chi connectivity index (χ0v) is 18.5. The number of hydrogen-bond acceptors (Lipinski definition) is 7. The summed E-state index contributed by atoms with van der Waals surface area (Å²) in [5.41, 5.74) is 2.29. The van der Waals surface area contributed by atoms with Crippen molar-refractivity contribution in [3.63, 3.8) is 0 Å². The maximum Gasteiger partial charge on any atom is 0.293 e. The van der Waals surface area contributed by atoms with Gasteiger partial charge in [-0.2, -0.15) is 0 Å². The number of hydrogen-bond donors (Lipinski definition) is 1. The SMILES string of the molecule is COc1cc(C(=O)NCCN2C(=O)S/C(=C\c3ccc(C)cc3)C2=O)cc2c1OCCO2. The van der Waals surface area contributed by atoms with Crippen LogP contribution >= 0.6 is 11.8 Å². The average Bonchev–Trinajstić information content (AvgIpc) is 3.07. The highest BCUT2D eigenvalue weighted by molar-refractivity contribution is 8.18. The van der Waals surface area contributed by atoms with Crippen molar-refractivity contribution >= 4 is 34.9 Å². The molecule has 2 aliphatic rings. The topological polar surface area (TPSA) is 94.2 Å². The van der Waals surface area contributed by atoms with Crippen LogP contribution in [-0.2, 0) is 4.79 Å². The van der Waals surface area contributed by atoms with Gasteiger partial charge < -0.3 is 19.5 Å². The average molecular weight is 455 g/mol. The number of carbonyl (C=O) groups is 3. The fraction of sp³-hybridized carbons (Fsp3) is 0.261. The van der Waals surface area contributed by atoms with Crippen LogP contribution in [0.1, 0.15) is 21.5 Å². The molecule has 1 fully saturated rings. The molecule has 4 rings (SSSR count). The van der Waals surface area contributed by atoms with Gasteiger partial charge in [0.2, 0.25) is 5.75 Å². The van der Waals surface area contributed by atoms with E-state index in [0.29, 0.717) is 40.9 Å². The van der Waals surface area contributed by atoms with Gasteiger partial charge in [-0.1, -0.05) is 29.8 Å². The molecule has 2 aromatic carbocycles. The minimum Gasteiger partial charge on any atom is -0.493 e. The Hall–Kier alpha value is -3.46. The third-order valence-electron chi connectivity index (χ3n) is 4.96. The van der Waals surface area contributed by atoms with E-state index in [4.69, 9.17) is 14.2 Å². The first-order valence-electron chi connectivity index (χ1n) is 10.0. The summed E-state index contributed by atoms with van der Waals surface area (Å²) in [7, 11) is 1.49. The zero-order chi connectivity index (χ0) is 22.7. The molecule has 8 nitrogen and oxygen atoms in total. The van der Waals surface area contributed by atoms with Gasteiger partial charge >= 0.3 is 0 Å². The van der Waals surface area contributed by atoms with Gasteiger partial charge in [0.1, 0.15) is 13.2 Å². The highest BCUT2D eigenvalue weighted by Crippen LogP contribution is 2.40. The van der Waals surface area contributed by atoms with Crippen molar-refractivity contribution in [3.05, 3.63) is 58.0 Å². The second kappa shape index (κ2) is 9.35.